The third kappa shape index (κ3) is 4.35. The summed E-state index contributed by atoms with van der Waals surface area (Å²) in [5.74, 6) is 0.465. The van der Waals surface area contributed by atoms with Crippen molar-refractivity contribution in [1.29, 1.82) is 0 Å². The Kier molecular flexibility index (Phi) is 5.47. The van der Waals surface area contributed by atoms with E-state index in [4.69, 9.17) is 9.47 Å². The number of thiophene rings is 1. The molecule has 1 aliphatic heterocycles. The Balaban J connectivity index is 1.52. The van der Waals surface area contributed by atoms with Crippen molar-refractivity contribution in [3.8, 4) is 11.9 Å². The second-order valence-electron chi connectivity index (χ2n) is 5.45. The maximum absolute atomic E-state index is 12.3. The summed E-state index contributed by atoms with van der Waals surface area (Å²) in [6, 6.07) is 5.90. The quantitative estimate of drug-likeness (QED) is 0.897. The van der Waals surface area contributed by atoms with Gasteiger partial charge >= 0.3 is 12.0 Å². The molecule has 7 nitrogen and oxygen atoms in total. The SMILES string of the molecule is COc1nccc(OC2CCCN(C(=O)NCc3cccs3)C2)n1. The number of amides is 2. The zero-order chi connectivity index (χ0) is 16.8. The Labute approximate surface area is 144 Å². The van der Waals surface area contributed by atoms with Crippen LogP contribution in [0.4, 0.5) is 4.79 Å². The van der Waals surface area contributed by atoms with E-state index in [1.807, 2.05) is 17.5 Å². The number of piperidine rings is 1. The Morgan fingerprint density at radius 3 is 3.21 bits per heavy atom. The van der Waals surface area contributed by atoms with Crippen molar-refractivity contribution < 1.29 is 14.3 Å². The fourth-order valence-electron chi connectivity index (χ4n) is 2.57. The standard InChI is InChI=1S/C16H20N4O3S/c1-22-15-17-7-6-14(19-15)23-12-4-2-8-20(11-12)16(21)18-10-13-5-3-9-24-13/h3,5-7,9,12H,2,4,8,10-11H2,1H3,(H,18,21). The van der Waals surface area contributed by atoms with Crippen LogP contribution in [-0.4, -0.2) is 47.2 Å². The fourth-order valence-corrected chi connectivity index (χ4v) is 3.21. The van der Waals surface area contributed by atoms with Gasteiger partial charge in [0.15, 0.2) is 0 Å². The number of rotatable bonds is 5. The van der Waals surface area contributed by atoms with Gasteiger partial charge in [-0.1, -0.05) is 6.07 Å². The number of ether oxygens (including phenoxy) is 2. The van der Waals surface area contributed by atoms with E-state index >= 15 is 0 Å². The number of methoxy groups -OCH3 is 1. The largest absolute Gasteiger partial charge is 0.472 e. The van der Waals surface area contributed by atoms with Gasteiger partial charge in [0.1, 0.15) is 6.10 Å². The summed E-state index contributed by atoms with van der Waals surface area (Å²) in [6.45, 7) is 1.84. The van der Waals surface area contributed by atoms with Crippen molar-refractivity contribution in [3.05, 3.63) is 34.7 Å². The fraction of sp³-hybridized carbons (Fsp3) is 0.438. The van der Waals surface area contributed by atoms with Crippen LogP contribution in [0.5, 0.6) is 11.9 Å². The molecule has 1 aliphatic rings. The molecule has 2 aromatic rings. The zero-order valence-corrected chi connectivity index (χ0v) is 14.3. The van der Waals surface area contributed by atoms with Crippen LogP contribution < -0.4 is 14.8 Å². The Morgan fingerprint density at radius 2 is 2.42 bits per heavy atom. The van der Waals surface area contributed by atoms with Crippen LogP contribution in [0.3, 0.4) is 0 Å². The molecule has 1 N–H and O–H groups in total. The van der Waals surface area contributed by atoms with Gasteiger partial charge in [0.05, 0.1) is 20.2 Å². The zero-order valence-electron chi connectivity index (χ0n) is 13.5. The average Bonchev–Trinajstić information content (AvgIpc) is 3.13. The molecule has 0 aliphatic carbocycles. The van der Waals surface area contributed by atoms with E-state index in [9.17, 15) is 4.79 Å². The molecule has 8 heteroatoms. The maximum atomic E-state index is 12.3. The lowest BCUT2D eigenvalue weighted by Gasteiger charge is -2.32. The highest BCUT2D eigenvalue weighted by Crippen LogP contribution is 2.18. The normalized spacial score (nSPS) is 17.4. The number of hydrogen-bond acceptors (Lipinski definition) is 6. The van der Waals surface area contributed by atoms with Crippen LogP contribution in [0.25, 0.3) is 0 Å². The number of nitrogens with one attached hydrogen (secondary N) is 1. The highest BCUT2D eigenvalue weighted by atomic mass is 32.1. The Morgan fingerprint density at radius 1 is 1.50 bits per heavy atom. The molecule has 0 bridgehead atoms. The molecule has 1 fully saturated rings. The van der Waals surface area contributed by atoms with E-state index in [1.54, 1.807) is 28.5 Å². The van der Waals surface area contributed by atoms with Crippen molar-refractivity contribution in [3.63, 3.8) is 0 Å². The maximum Gasteiger partial charge on any atom is 0.319 e. The third-order valence-electron chi connectivity index (χ3n) is 3.74. The lowest BCUT2D eigenvalue weighted by Crippen LogP contribution is -2.48. The number of carbonyl (C=O) groups is 1. The molecule has 1 saturated heterocycles. The van der Waals surface area contributed by atoms with Gasteiger partial charge in [0.2, 0.25) is 5.88 Å². The highest BCUT2D eigenvalue weighted by molar-refractivity contribution is 7.09. The van der Waals surface area contributed by atoms with Crippen molar-refractivity contribution in [2.45, 2.75) is 25.5 Å². The lowest BCUT2D eigenvalue weighted by molar-refractivity contribution is 0.0969. The van der Waals surface area contributed by atoms with Crippen molar-refractivity contribution in [2.75, 3.05) is 20.2 Å². The third-order valence-corrected chi connectivity index (χ3v) is 4.61. The van der Waals surface area contributed by atoms with Crippen molar-refractivity contribution in [1.82, 2.24) is 20.2 Å². The molecular formula is C16H20N4O3S. The first-order valence-corrected chi connectivity index (χ1v) is 8.71. The van der Waals surface area contributed by atoms with Crippen LogP contribution in [0.15, 0.2) is 29.8 Å². The topological polar surface area (TPSA) is 76.6 Å². The summed E-state index contributed by atoms with van der Waals surface area (Å²) in [6.07, 6.45) is 3.31. The molecule has 0 saturated carbocycles. The predicted octanol–water partition coefficient (Wildman–Crippen LogP) is 2.30. The molecule has 0 spiro atoms. The van der Waals surface area contributed by atoms with E-state index in [1.165, 1.54) is 7.11 Å². The van der Waals surface area contributed by atoms with Gasteiger partial charge in [0, 0.05) is 23.7 Å². The summed E-state index contributed by atoms with van der Waals surface area (Å²) in [7, 11) is 1.51. The molecule has 3 rings (SSSR count). The van der Waals surface area contributed by atoms with E-state index in [0.717, 1.165) is 24.3 Å². The number of urea groups is 1. The van der Waals surface area contributed by atoms with Crippen LogP contribution >= 0.6 is 11.3 Å². The van der Waals surface area contributed by atoms with Gasteiger partial charge in [-0.05, 0) is 24.3 Å². The van der Waals surface area contributed by atoms with Crippen molar-refractivity contribution >= 4 is 17.4 Å². The van der Waals surface area contributed by atoms with E-state index in [2.05, 4.69) is 15.3 Å². The summed E-state index contributed by atoms with van der Waals surface area (Å²) in [5.41, 5.74) is 0. The minimum atomic E-state index is -0.0779. The molecule has 0 radical (unpaired) electrons. The van der Waals surface area contributed by atoms with E-state index < -0.39 is 0 Å². The first-order chi connectivity index (χ1) is 11.7. The predicted molar refractivity (Wildman–Crippen MR) is 90.4 cm³/mol. The Hall–Kier alpha value is -2.35. The van der Waals surface area contributed by atoms with Gasteiger partial charge in [-0.25, -0.2) is 9.78 Å². The van der Waals surface area contributed by atoms with Crippen LogP contribution in [0.1, 0.15) is 17.7 Å². The molecule has 1 unspecified atom stereocenters. The number of nitrogens with zero attached hydrogens (tertiary/aromatic N) is 3. The van der Waals surface area contributed by atoms with E-state index in [-0.39, 0.29) is 18.1 Å². The van der Waals surface area contributed by atoms with Gasteiger partial charge < -0.3 is 19.7 Å². The first kappa shape index (κ1) is 16.5. The summed E-state index contributed by atoms with van der Waals surface area (Å²) in [5, 5.41) is 4.96. The minimum absolute atomic E-state index is 0.0584. The molecule has 0 aromatic carbocycles. The molecule has 2 aromatic heterocycles. The van der Waals surface area contributed by atoms with Gasteiger partial charge in [-0.2, -0.15) is 4.98 Å². The number of aromatic nitrogens is 2. The average molecular weight is 348 g/mol. The second-order valence-corrected chi connectivity index (χ2v) is 6.48. The van der Waals surface area contributed by atoms with Crippen LogP contribution in [0, 0.1) is 0 Å². The smallest absolute Gasteiger partial charge is 0.319 e. The summed E-state index contributed by atoms with van der Waals surface area (Å²) in [4.78, 5) is 23.3. The molecule has 1 atom stereocenters. The molecule has 3 heterocycles. The van der Waals surface area contributed by atoms with Crippen LogP contribution in [-0.2, 0) is 6.54 Å². The Bertz CT molecular complexity index is 665. The van der Waals surface area contributed by atoms with Gasteiger partial charge in [-0.15, -0.1) is 11.3 Å². The van der Waals surface area contributed by atoms with E-state index in [0.29, 0.717) is 19.0 Å². The van der Waals surface area contributed by atoms with Gasteiger partial charge in [-0.3, -0.25) is 0 Å². The molecular weight excluding hydrogens is 328 g/mol. The second kappa shape index (κ2) is 7.96. The number of likely N-dealkylation sites (tertiary alicyclic amines) is 1. The lowest BCUT2D eigenvalue weighted by atomic mass is 10.1. The first-order valence-electron chi connectivity index (χ1n) is 7.83. The minimum Gasteiger partial charge on any atom is -0.472 e. The van der Waals surface area contributed by atoms with Crippen LogP contribution in [0.2, 0.25) is 0 Å². The molecule has 24 heavy (non-hydrogen) atoms. The number of carbonyl (C=O) groups excluding carboxylic acids is 1. The number of hydrogen-bond donors (Lipinski definition) is 1. The molecule has 128 valence electrons. The monoisotopic (exact) mass is 348 g/mol. The highest BCUT2D eigenvalue weighted by Gasteiger charge is 2.25. The molecule has 2 amide bonds. The summed E-state index contributed by atoms with van der Waals surface area (Å²) >= 11 is 1.63. The summed E-state index contributed by atoms with van der Waals surface area (Å²) < 4.78 is 10.9. The van der Waals surface area contributed by atoms with Crippen molar-refractivity contribution in [2.24, 2.45) is 0 Å². The van der Waals surface area contributed by atoms with Gasteiger partial charge in [0.25, 0.3) is 0 Å².